The Hall–Kier alpha value is -2.40. The molecule has 2 aliphatic heterocycles. The molecule has 2 fully saturated rings. The van der Waals surface area contributed by atoms with Gasteiger partial charge in [0.2, 0.25) is 0 Å². The fourth-order valence-corrected chi connectivity index (χ4v) is 4.00. The fraction of sp³-hybridized carbons (Fsp3) is 0.455. The van der Waals surface area contributed by atoms with Crippen molar-refractivity contribution in [2.24, 2.45) is 5.92 Å². The minimum absolute atomic E-state index is 0.0586. The number of carbonyl (C=O) groups excluding carboxylic acids is 1. The van der Waals surface area contributed by atoms with Crippen molar-refractivity contribution < 1.29 is 9.53 Å². The van der Waals surface area contributed by atoms with E-state index in [-0.39, 0.29) is 5.91 Å². The lowest BCUT2D eigenvalue weighted by molar-refractivity contribution is 0.0684. The van der Waals surface area contributed by atoms with Crippen molar-refractivity contribution in [1.29, 1.82) is 0 Å². The summed E-state index contributed by atoms with van der Waals surface area (Å²) in [4.78, 5) is 21.5. The van der Waals surface area contributed by atoms with Crippen LogP contribution in [0.3, 0.4) is 0 Å². The predicted octanol–water partition coefficient (Wildman–Crippen LogP) is 3.01. The van der Waals surface area contributed by atoms with E-state index >= 15 is 0 Å². The number of amides is 1. The molecule has 5 heteroatoms. The van der Waals surface area contributed by atoms with Crippen LogP contribution < -0.4 is 4.90 Å². The first-order chi connectivity index (χ1) is 13.3. The molecule has 142 valence electrons. The molecule has 2 aliphatic rings. The Bertz CT molecular complexity index is 751. The topological polar surface area (TPSA) is 45.7 Å². The molecule has 3 heterocycles. The Morgan fingerprint density at radius 1 is 1.04 bits per heavy atom. The van der Waals surface area contributed by atoms with Gasteiger partial charge in [-0.05, 0) is 42.9 Å². The number of ether oxygens (including phenoxy) is 1. The van der Waals surface area contributed by atoms with Gasteiger partial charge in [-0.3, -0.25) is 9.78 Å². The molecule has 2 saturated heterocycles. The van der Waals surface area contributed by atoms with Crippen LogP contribution in [0.4, 0.5) is 5.69 Å². The summed E-state index contributed by atoms with van der Waals surface area (Å²) in [6.07, 6.45) is 4.97. The molecule has 0 aliphatic carbocycles. The molecular weight excluding hydrogens is 338 g/mol. The van der Waals surface area contributed by atoms with Gasteiger partial charge in [0.1, 0.15) is 5.69 Å². The highest BCUT2D eigenvalue weighted by Gasteiger charge is 2.25. The second kappa shape index (κ2) is 8.53. The number of rotatable bonds is 4. The van der Waals surface area contributed by atoms with E-state index in [0.29, 0.717) is 11.6 Å². The number of morpholine rings is 1. The highest BCUT2D eigenvalue weighted by Crippen LogP contribution is 2.23. The largest absolute Gasteiger partial charge is 0.378 e. The molecular formula is C22H27N3O2. The predicted molar refractivity (Wildman–Crippen MR) is 106 cm³/mol. The van der Waals surface area contributed by atoms with Crippen LogP contribution in [0.15, 0.2) is 48.7 Å². The third-order valence-corrected chi connectivity index (χ3v) is 5.61. The van der Waals surface area contributed by atoms with Crippen LogP contribution in [-0.4, -0.2) is 55.2 Å². The number of aromatic nitrogens is 1. The van der Waals surface area contributed by atoms with Crippen LogP contribution in [0.5, 0.6) is 0 Å². The number of piperidine rings is 1. The smallest absolute Gasteiger partial charge is 0.272 e. The second-order valence-corrected chi connectivity index (χ2v) is 7.42. The summed E-state index contributed by atoms with van der Waals surface area (Å²) in [6.45, 7) is 4.84. The monoisotopic (exact) mass is 365 g/mol. The van der Waals surface area contributed by atoms with E-state index < -0.39 is 0 Å². The van der Waals surface area contributed by atoms with Crippen LogP contribution in [0.1, 0.15) is 28.9 Å². The lowest BCUT2D eigenvalue weighted by atomic mass is 9.90. The van der Waals surface area contributed by atoms with Crippen molar-refractivity contribution in [2.45, 2.75) is 19.3 Å². The van der Waals surface area contributed by atoms with E-state index in [9.17, 15) is 4.79 Å². The maximum absolute atomic E-state index is 12.9. The maximum atomic E-state index is 12.9. The molecule has 0 saturated carbocycles. The molecule has 0 spiro atoms. The van der Waals surface area contributed by atoms with Crippen LogP contribution in [0.2, 0.25) is 0 Å². The molecule has 0 bridgehead atoms. The molecule has 0 unspecified atom stereocenters. The fourth-order valence-electron chi connectivity index (χ4n) is 4.00. The minimum atomic E-state index is 0.0586. The van der Waals surface area contributed by atoms with Gasteiger partial charge in [-0.1, -0.05) is 30.3 Å². The van der Waals surface area contributed by atoms with E-state index in [2.05, 4.69) is 40.2 Å². The van der Waals surface area contributed by atoms with Crippen LogP contribution in [0, 0.1) is 5.92 Å². The van der Waals surface area contributed by atoms with Gasteiger partial charge < -0.3 is 14.5 Å². The number of carbonyl (C=O) groups is 1. The number of hydrogen-bond donors (Lipinski definition) is 0. The summed E-state index contributed by atoms with van der Waals surface area (Å²) in [6, 6.07) is 14.6. The number of anilines is 1. The van der Waals surface area contributed by atoms with Crippen molar-refractivity contribution in [3.05, 3.63) is 59.9 Å². The Labute approximate surface area is 161 Å². The van der Waals surface area contributed by atoms with E-state index in [1.165, 1.54) is 5.56 Å². The van der Waals surface area contributed by atoms with Gasteiger partial charge in [-0.25, -0.2) is 0 Å². The van der Waals surface area contributed by atoms with E-state index in [4.69, 9.17) is 4.74 Å². The number of hydrogen-bond acceptors (Lipinski definition) is 4. The van der Waals surface area contributed by atoms with Crippen molar-refractivity contribution in [2.75, 3.05) is 44.3 Å². The lowest BCUT2D eigenvalue weighted by Crippen LogP contribution is -2.39. The SMILES string of the molecule is O=C(c1cc(N2CCOCC2)ccn1)N1CCC(Cc2ccccc2)CC1. The molecule has 1 aromatic carbocycles. The zero-order chi connectivity index (χ0) is 18.5. The van der Waals surface area contributed by atoms with Crippen LogP contribution in [-0.2, 0) is 11.2 Å². The van der Waals surface area contributed by atoms with E-state index in [0.717, 1.165) is 64.3 Å². The van der Waals surface area contributed by atoms with E-state index in [1.54, 1.807) is 6.20 Å². The minimum Gasteiger partial charge on any atom is -0.378 e. The Morgan fingerprint density at radius 2 is 1.78 bits per heavy atom. The van der Waals surface area contributed by atoms with Gasteiger partial charge in [0.25, 0.3) is 5.91 Å². The van der Waals surface area contributed by atoms with Crippen LogP contribution >= 0.6 is 0 Å². The normalized spacial score (nSPS) is 18.5. The molecule has 0 radical (unpaired) electrons. The average molecular weight is 365 g/mol. The highest BCUT2D eigenvalue weighted by molar-refractivity contribution is 5.93. The Balaban J connectivity index is 1.35. The third-order valence-electron chi connectivity index (χ3n) is 5.61. The van der Waals surface area contributed by atoms with Gasteiger partial charge in [-0.2, -0.15) is 0 Å². The number of likely N-dealkylation sites (tertiary alicyclic amines) is 1. The standard InChI is InChI=1S/C22H27N3O2/c26-22(21-17-20(6-9-23-21)24-12-14-27-15-13-24)25-10-7-19(8-11-25)16-18-4-2-1-3-5-18/h1-6,9,17,19H,7-8,10-16H2. The van der Waals surface area contributed by atoms with Crippen molar-refractivity contribution in [1.82, 2.24) is 9.88 Å². The molecule has 5 nitrogen and oxygen atoms in total. The molecule has 2 aromatic rings. The number of nitrogens with zero attached hydrogens (tertiary/aromatic N) is 3. The highest BCUT2D eigenvalue weighted by atomic mass is 16.5. The zero-order valence-corrected chi connectivity index (χ0v) is 15.7. The maximum Gasteiger partial charge on any atom is 0.272 e. The summed E-state index contributed by atoms with van der Waals surface area (Å²) in [7, 11) is 0. The van der Waals surface area contributed by atoms with Gasteiger partial charge in [0.15, 0.2) is 0 Å². The van der Waals surface area contributed by atoms with E-state index in [1.807, 2.05) is 17.0 Å². The summed E-state index contributed by atoms with van der Waals surface area (Å²) >= 11 is 0. The zero-order valence-electron chi connectivity index (χ0n) is 15.7. The molecule has 0 N–H and O–H groups in total. The molecule has 1 aromatic heterocycles. The first kappa shape index (κ1) is 18.0. The van der Waals surface area contributed by atoms with Crippen molar-refractivity contribution in [3.63, 3.8) is 0 Å². The first-order valence-corrected chi connectivity index (χ1v) is 9.91. The Morgan fingerprint density at radius 3 is 2.52 bits per heavy atom. The molecule has 0 atom stereocenters. The first-order valence-electron chi connectivity index (χ1n) is 9.91. The number of pyridine rings is 1. The summed E-state index contributed by atoms with van der Waals surface area (Å²) in [5, 5.41) is 0. The second-order valence-electron chi connectivity index (χ2n) is 7.42. The van der Waals surface area contributed by atoms with Gasteiger partial charge in [0.05, 0.1) is 13.2 Å². The molecule has 1 amide bonds. The van der Waals surface area contributed by atoms with Gasteiger partial charge in [-0.15, -0.1) is 0 Å². The summed E-state index contributed by atoms with van der Waals surface area (Å²) < 4.78 is 5.41. The quantitative estimate of drug-likeness (QED) is 0.836. The molecule has 4 rings (SSSR count). The Kier molecular flexibility index (Phi) is 5.68. The van der Waals surface area contributed by atoms with Gasteiger partial charge in [0, 0.05) is 38.1 Å². The summed E-state index contributed by atoms with van der Waals surface area (Å²) in [5.41, 5.74) is 3.01. The third kappa shape index (κ3) is 4.48. The molecule has 27 heavy (non-hydrogen) atoms. The van der Waals surface area contributed by atoms with Crippen LogP contribution in [0.25, 0.3) is 0 Å². The van der Waals surface area contributed by atoms with Crippen molar-refractivity contribution in [3.8, 4) is 0 Å². The average Bonchev–Trinajstić information content (AvgIpc) is 2.75. The van der Waals surface area contributed by atoms with Crippen molar-refractivity contribution >= 4 is 11.6 Å². The lowest BCUT2D eigenvalue weighted by Gasteiger charge is -2.32. The number of benzene rings is 1. The van der Waals surface area contributed by atoms with Gasteiger partial charge >= 0.3 is 0 Å². The summed E-state index contributed by atoms with van der Waals surface area (Å²) in [5.74, 6) is 0.715.